The predicted molar refractivity (Wildman–Crippen MR) is 89.5 cm³/mol. The van der Waals surface area contributed by atoms with Crippen molar-refractivity contribution in [3.8, 4) is 0 Å². The van der Waals surface area contributed by atoms with E-state index in [9.17, 15) is 0 Å². The van der Waals surface area contributed by atoms with Crippen molar-refractivity contribution in [2.24, 2.45) is 11.8 Å². The molecule has 3 heteroatoms. The van der Waals surface area contributed by atoms with Gasteiger partial charge in [0.25, 0.3) is 0 Å². The fraction of sp³-hybridized carbons (Fsp3) is 1.00. The van der Waals surface area contributed by atoms with Crippen molar-refractivity contribution in [2.45, 2.75) is 77.3 Å². The van der Waals surface area contributed by atoms with Crippen molar-refractivity contribution in [1.82, 2.24) is 10.2 Å². The number of aliphatic hydroxyl groups excluding tert-OH is 1. The van der Waals surface area contributed by atoms with Gasteiger partial charge in [-0.05, 0) is 56.9 Å². The number of nitrogens with zero attached hydrogens (tertiary/aromatic N) is 1. The normalized spacial score (nSPS) is 28.6. The molecule has 0 aromatic carbocycles. The van der Waals surface area contributed by atoms with Crippen LogP contribution < -0.4 is 5.32 Å². The minimum atomic E-state index is 0.353. The SMILES string of the molecule is CC(C)CCNC1CC(CCCO)CN(C2CCCC2)C1. The highest BCUT2D eigenvalue weighted by molar-refractivity contribution is 4.88. The number of rotatable bonds is 8. The molecule has 0 aromatic heterocycles. The van der Waals surface area contributed by atoms with Gasteiger partial charge in [-0.25, -0.2) is 0 Å². The molecular weight excluding hydrogens is 260 g/mol. The molecule has 1 saturated carbocycles. The van der Waals surface area contributed by atoms with Gasteiger partial charge in [-0.1, -0.05) is 26.7 Å². The zero-order valence-electron chi connectivity index (χ0n) is 14.2. The standard InChI is InChI=1S/C18H36N2O/c1-15(2)9-10-19-17-12-16(6-5-11-21)13-20(14-17)18-7-3-4-8-18/h15-19,21H,3-14H2,1-2H3. The van der Waals surface area contributed by atoms with Gasteiger partial charge in [0.1, 0.15) is 0 Å². The van der Waals surface area contributed by atoms with Crippen LogP contribution >= 0.6 is 0 Å². The van der Waals surface area contributed by atoms with Crippen molar-refractivity contribution in [3.05, 3.63) is 0 Å². The third-order valence-electron chi connectivity index (χ3n) is 5.33. The van der Waals surface area contributed by atoms with Gasteiger partial charge in [-0.15, -0.1) is 0 Å². The Morgan fingerprint density at radius 3 is 2.62 bits per heavy atom. The summed E-state index contributed by atoms with van der Waals surface area (Å²) in [6, 6.07) is 1.51. The lowest BCUT2D eigenvalue weighted by molar-refractivity contribution is 0.0914. The molecule has 2 unspecified atom stereocenters. The third-order valence-corrected chi connectivity index (χ3v) is 5.33. The molecule has 124 valence electrons. The van der Waals surface area contributed by atoms with Crippen LogP contribution in [0.3, 0.4) is 0 Å². The second-order valence-electron chi connectivity index (χ2n) is 7.69. The molecule has 1 aliphatic heterocycles. The maximum atomic E-state index is 9.11. The van der Waals surface area contributed by atoms with Crippen LogP contribution in [0.4, 0.5) is 0 Å². The molecule has 21 heavy (non-hydrogen) atoms. The van der Waals surface area contributed by atoms with Gasteiger partial charge in [0.05, 0.1) is 0 Å². The number of aliphatic hydroxyl groups is 1. The fourth-order valence-corrected chi connectivity index (χ4v) is 4.12. The molecule has 1 heterocycles. The molecular formula is C18H36N2O. The van der Waals surface area contributed by atoms with Crippen molar-refractivity contribution in [2.75, 3.05) is 26.2 Å². The summed E-state index contributed by atoms with van der Waals surface area (Å²) in [4.78, 5) is 2.77. The van der Waals surface area contributed by atoms with E-state index in [2.05, 4.69) is 24.1 Å². The first-order valence-corrected chi connectivity index (χ1v) is 9.27. The van der Waals surface area contributed by atoms with Crippen molar-refractivity contribution >= 4 is 0 Å². The summed E-state index contributed by atoms with van der Waals surface area (Å²) in [5, 5.41) is 12.9. The lowest BCUT2D eigenvalue weighted by atomic mass is 9.89. The number of hydrogen-bond donors (Lipinski definition) is 2. The van der Waals surface area contributed by atoms with E-state index in [1.807, 2.05) is 0 Å². The Morgan fingerprint density at radius 1 is 1.19 bits per heavy atom. The highest BCUT2D eigenvalue weighted by Gasteiger charge is 2.31. The summed E-state index contributed by atoms with van der Waals surface area (Å²) < 4.78 is 0. The molecule has 2 rings (SSSR count). The molecule has 0 radical (unpaired) electrons. The number of hydrogen-bond acceptors (Lipinski definition) is 3. The minimum absolute atomic E-state index is 0.353. The minimum Gasteiger partial charge on any atom is -0.396 e. The zero-order chi connectivity index (χ0) is 15.1. The van der Waals surface area contributed by atoms with Gasteiger partial charge in [0.15, 0.2) is 0 Å². The molecule has 0 amide bonds. The van der Waals surface area contributed by atoms with Gasteiger partial charge < -0.3 is 10.4 Å². The average molecular weight is 296 g/mol. The smallest absolute Gasteiger partial charge is 0.0431 e. The highest BCUT2D eigenvalue weighted by atomic mass is 16.2. The maximum Gasteiger partial charge on any atom is 0.0431 e. The first-order valence-electron chi connectivity index (χ1n) is 9.27. The number of likely N-dealkylation sites (tertiary alicyclic amines) is 1. The summed E-state index contributed by atoms with van der Waals surface area (Å²) in [6.45, 7) is 8.64. The first kappa shape index (κ1) is 17.2. The van der Waals surface area contributed by atoms with Crippen LogP contribution in [-0.2, 0) is 0 Å². The van der Waals surface area contributed by atoms with E-state index in [0.717, 1.165) is 30.8 Å². The second kappa shape index (κ2) is 9.12. The van der Waals surface area contributed by atoms with E-state index < -0.39 is 0 Å². The lowest BCUT2D eigenvalue weighted by Crippen LogP contribution is -2.52. The molecule has 1 saturated heterocycles. The molecule has 2 fully saturated rings. The first-order chi connectivity index (χ1) is 10.2. The molecule has 0 bridgehead atoms. The maximum absolute atomic E-state index is 9.11. The van der Waals surface area contributed by atoms with Crippen LogP contribution in [0.1, 0.15) is 65.2 Å². The summed E-state index contributed by atoms with van der Waals surface area (Å²) >= 11 is 0. The van der Waals surface area contributed by atoms with Crippen molar-refractivity contribution in [1.29, 1.82) is 0 Å². The van der Waals surface area contributed by atoms with E-state index in [0.29, 0.717) is 12.6 Å². The van der Waals surface area contributed by atoms with E-state index in [1.165, 1.54) is 58.0 Å². The van der Waals surface area contributed by atoms with Crippen LogP contribution in [0, 0.1) is 11.8 Å². The van der Waals surface area contributed by atoms with Gasteiger partial charge >= 0.3 is 0 Å². The van der Waals surface area contributed by atoms with Gasteiger partial charge in [0.2, 0.25) is 0 Å². The van der Waals surface area contributed by atoms with Crippen LogP contribution in [-0.4, -0.2) is 48.3 Å². The largest absolute Gasteiger partial charge is 0.396 e. The monoisotopic (exact) mass is 296 g/mol. The number of nitrogens with one attached hydrogen (secondary N) is 1. The van der Waals surface area contributed by atoms with Crippen LogP contribution in [0.5, 0.6) is 0 Å². The summed E-state index contributed by atoms with van der Waals surface area (Å²) in [7, 11) is 0. The Kier molecular flexibility index (Phi) is 7.48. The summed E-state index contributed by atoms with van der Waals surface area (Å²) in [5.74, 6) is 1.57. The second-order valence-corrected chi connectivity index (χ2v) is 7.69. The van der Waals surface area contributed by atoms with E-state index in [4.69, 9.17) is 5.11 Å². The van der Waals surface area contributed by atoms with E-state index in [1.54, 1.807) is 0 Å². The van der Waals surface area contributed by atoms with Crippen LogP contribution in [0.25, 0.3) is 0 Å². The average Bonchev–Trinajstić information content (AvgIpc) is 2.99. The Bertz CT molecular complexity index is 276. The van der Waals surface area contributed by atoms with Crippen LogP contribution in [0.15, 0.2) is 0 Å². The molecule has 2 N–H and O–H groups in total. The van der Waals surface area contributed by atoms with Gasteiger partial charge in [0, 0.05) is 31.8 Å². The zero-order valence-corrected chi connectivity index (χ0v) is 14.2. The topological polar surface area (TPSA) is 35.5 Å². The summed E-state index contributed by atoms with van der Waals surface area (Å²) in [5.41, 5.74) is 0. The predicted octanol–water partition coefficient (Wildman–Crippen LogP) is 3.03. The van der Waals surface area contributed by atoms with Crippen LogP contribution in [0.2, 0.25) is 0 Å². The molecule has 3 nitrogen and oxygen atoms in total. The quantitative estimate of drug-likeness (QED) is 0.723. The molecule has 0 aromatic rings. The molecule has 0 spiro atoms. The van der Waals surface area contributed by atoms with Gasteiger partial charge in [-0.3, -0.25) is 4.90 Å². The Morgan fingerprint density at radius 2 is 1.95 bits per heavy atom. The number of piperidine rings is 1. The van der Waals surface area contributed by atoms with Crippen molar-refractivity contribution in [3.63, 3.8) is 0 Å². The Labute approximate surface area is 131 Å². The van der Waals surface area contributed by atoms with Gasteiger partial charge in [-0.2, -0.15) is 0 Å². The molecule has 2 atom stereocenters. The fourth-order valence-electron chi connectivity index (χ4n) is 4.12. The summed E-state index contributed by atoms with van der Waals surface area (Å²) in [6.07, 6.45) is 10.4. The lowest BCUT2D eigenvalue weighted by Gasteiger charge is -2.41. The van der Waals surface area contributed by atoms with E-state index in [-0.39, 0.29) is 0 Å². The van der Waals surface area contributed by atoms with Crippen molar-refractivity contribution < 1.29 is 5.11 Å². The Balaban J connectivity index is 1.83. The molecule has 2 aliphatic rings. The van der Waals surface area contributed by atoms with E-state index >= 15 is 0 Å². The third kappa shape index (κ3) is 5.88. The Hall–Kier alpha value is -0.120. The molecule has 1 aliphatic carbocycles. The highest BCUT2D eigenvalue weighted by Crippen LogP contribution is 2.29.